The van der Waals surface area contributed by atoms with E-state index in [1.807, 2.05) is 0 Å². The van der Waals surface area contributed by atoms with Gasteiger partial charge in [-0.25, -0.2) is 0 Å². The Kier molecular flexibility index (Phi) is 5.77. The lowest BCUT2D eigenvalue weighted by Gasteiger charge is -2.19. The van der Waals surface area contributed by atoms with Crippen LogP contribution in [0.15, 0.2) is 14.3 Å². The van der Waals surface area contributed by atoms with Crippen LogP contribution in [0.3, 0.4) is 0 Å². The van der Waals surface area contributed by atoms with Crippen LogP contribution in [-0.4, -0.2) is 12.6 Å². The summed E-state index contributed by atoms with van der Waals surface area (Å²) in [6.07, 6.45) is 0. The lowest BCUT2D eigenvalue weighted by atomic mass is 10.1. The van der Waals surface area contributed by atoms with Crippen LogP contribution in [0.2, 0.25) is 0 Å². The lowest BCUT2D eigenvalue weighted by molar-refractivity contribution is 0.406. The van der Waals surface area contributed by atoms with Crippen LogP contribution in [0, 0.1) is 5.92 Å². The molecule has 0 aromatic carbocycles. The molecular weight excluding hydrogens is 340 g/mol. The first-order valence-corrected chi connectivity index (χ1v) is 7.32. The molecule has 1 atom stereocenters. The fraction of sp³-hybridized carbons (Fsp3) is 0.600. The van der Waals surface area contributed by atoms with Gasteiger partial charge in [0.15, 0.2) is 0 Å². The van der Waals surface area contributed by atoms with E-state index in [1.54, 1.807) is 11.3 Å². The highest BCUT2D eigenvalue weighted by atomic mass is 79.9. The molecule has 0 fully saturated rings. The van der Waals surface area contributed by atoms with Gasteiger partial charge in [0.05, 0.1) is 3.79 Å². The summed E-state index contributed by atoms with van der Waals surface area (Å²) in [5, 5.41) is 3.47. The van der Waals surface area contributed by atoms with E-state index < -0.39 is 0 Å². The van der Waals surface area contributed by atoms with Gasteiger partial charge in [0, 0.05) is 28.5 Å². The van der Waals surface area contributed by atoms with Crippen molar-refractivity contribution >= 4 is 43.2 Å². The van der Waals surface area contributed by atoms with Crippen LogP contribution in [0.5, 0.6) is 0 Å². The summed E-state index contributed by atoms with van der Waals surface area (Å²) in [5.74, 6) is 0.571. The van der Waals surface area contributed by atoms with Crippen molar-refractivity contribution in [2.24, 2.45) is 11.7 Å². The average molecular weight is 356 g/mol. The van der Waals surface area contributed by atoms with Crippen molar-refractivity contribution in [3.8, 4) is 0 Å². The maximum atomic E-state index is 5.70. The third kappa shape index (κ3) is 4.15. The molecule has 86 valence electrons. The molecule has 0 saturated heterocycles. The van der Waals surface area contributed by atoms with E-state index in [0.717, 1.165) is 14.8 Å². The van der Waals surface area contributed by atoms with E-state index >= 15 is 0 Å². The van der Waals surface area contributed by atoms with Gasteiger partial charge in [-0.05, 0) is 43.8 Å². The minimum absolute atomic E-state index is 0.393. The highest BCUT2D eigenvalue weighted by Crippen LogP contribution is 2.32. The molecule has 1 rings (SSSR count). The highest BCUT2D eigenvalue weighted by Gasteiger charge is 2.11. The van der Waals surface area contributed by atoms with Gasteiger partial charge in [-0.2, -0.15) is 0 Å². The quantitative estimate of drug-likeness (QED) is 0.849. The van der Waals surface area contributed by atoms with Crippen molar-refractivity contribution in [3.05, 3.63) is 19.2 Å². The molecule has 2 nitrogen and oxygen atoms in total. The molecule has 0 radical (unpaired) electrons. The van der Waals surface area contributed by atoms with Crippen molar-refractivity contribution in [2.45, 2.75) is 26.4 Å². The van der Waals surface area contributed by atoms with E-state index in [4.69, 9.17) is 5.73 Å². The second-order valence-corrected chi connectivity index (χ2v) is 7.11. The molecule has 0 saturated carbocycles. The van der Waals surface area contributed by atoms with Crippen LogP contribution < -0.4 is 11.1 Å². The van der Waals surface area contributed by atoms with Crippen molar-refractivity contribution in [1.29, 1.82) is 0 Å². The number of hydrogen-bond acceptors (Lipinski definition) is 3. The zero-order valence-electron chi connectivity index (χ0n) is 8.89. The third-order valence-electron chi connectivity index (χ3n) is 2.29. The lowest BCUT2D eigenvalue weighted by Crippen LogP contribution is -2.39. The Morgan fingerprint density at radius 3 is 2.53 bits per heavy atom. The van der Waals surface area contributed by atoms with Crippen LogP contribution in [0.1, 0.15) is 18.7 Å². The minimum atomic E-state index is 0.393. The summed E-state index contributed by atoms with van der Waals surface area (Å²) >= 11 is 8.71. The largest absolute Gasteiger partial charge is 0.329 e. The summed E-state index contributed by atoms with van der Waals surface area (Å²) in [6.45, 7) is 5.94. The number of nitrogens with one attached hydrogen (secondary N) is 1. The third-order valence-corrected chi connectivity index (χ3v) is 5.55. The van der Waals surface area contributed by atoms with E-state index in [-0.39, 0.29) is 0 Å². The molecule has 0 spiro atoms. The first kappa shape index (κ1) is 13.6. The van der Waals surface area contributed by atoms with Crippen molar-refractivity contribution in [3.63, 3.8) is 0 Å². The Morgan fingerprint density at radius 1 is 1.47 bits per heavy atom. The number of hydrogen-bond donors (Lipinski definition) is 2. The number of thiophene rings is 1. The van der Waals surface area contributed by atoms with Crippen molar-refractivity contribution < 1.29 is 0 Å². The SMILES string of the molecule is CC(C)C(CN)NCc1cc(Br)c(Br)s1. The molecule has 0 aliphatic heterocycles. The smallest absolute Gasteiger partial charge is 0.0843 e. The first-order chi connectivity index (χ1) is 7.04. The maximum absolute atomic E-state index is 5.70. The van der Waals surface area contributed by atoms with E-state index in [2.05, 4.69) is 57.1 Å². The highest BCUT2D eigenvalue weighted by molar-refractivity contribution is 9.13. The molecule has 5 heteroatoms. The Bertz CT molecular complexity index is 293. The summed E-state index contributed by atoms with van der Waals surface area (Å²) < 4.78 is 2.27. The van der Waals surface area contributed by atoms with Gasteiger partial charge in [0.1, 0.15) is 0 Å². The molecule has 1 aromatic rings. The van der Waals surface area contributed by atoms with Crippen LogP contribution in [0.4, 0.5) is 0 Å². The van der Waals surface area contributed by atoms with Gasteiger partial charge < -0.3 is 11.1 Å². The topological polar surface area (TPSA) is 38.0 Å². The van der Waals surface area contributed by atoms with Crippen LogP contribution in [-0.2, 0) is 6.54 Å². The number of rotatable bonds is 5. The predicted octanol–water partition coefficient (Wildman–Crippen LogP) is 3.35. The standard InChI is InChI=1S/C10H16Br2N2S/c1-6(2)9(4-13)14-5-7-3-8(11)10(12)15-7/h3,6,9,14H,4-5,13H2,1-2H3. The Hall–Kier alpha value is 0.580. The van der Waals surface area contributed by atoms with Gasteiger partial charge in [-0.15, -0.1) is 11.3 Å². The van der Waals surface area contributed by atoms with Gasteiger partial charge in [0.2, 0.25) is 0 Å². The molecule has 3 N–H and O–H groups in total. The van der Waals surface area contributed by atoms with Crippen LogP contribution >= 0.6 is 43.2 Å². The van der Waals surface area contributed by atoms with E-state index in [1.165, 1.54) is 4.88 Å². The van der Waals surface area contributed by atoms with Gasteiger partial charge in [-0.1, -0.05) is 13.8 Å². The summed E-state index contributed by atoms with van der Waals surface area (Å²) in [5.41, 5.74) is 5.70. The number of halogens is 2. The zero-order valence-corrected chi connectivity index (χ0v) is 12.9. The summed E-state index contributed by atoms with van der Waals surface area (Å²) in [7, 11) is 0. The Labute approximate surface area is 112 Å². The van der Waals surface area contributed by atoms with E-state index in [9.17, 15) is 0 Å². The average Bonchev–Trinajstić information content (AvgIpc) is 2.47. The van der Waals surface area contributed by atoms with Gasteiger partial charge in [0.25, 0.3) is 0 Å². The maximum Gasteiger partial charge on any atom is 0.0843 e. The monoisotopic (exact) mass is 354 g/mol. The molecule has 1 aromatic heterocycles. The second-order valence-electron chi connectivity index (χ2n) is 3.80. The fourth-order valence-electron chi connectivity index (χ4n) is 1.30. The molecule has 0 aliphatic rings. The molecule has 15 heavy (non-hydrogen) atoms. The van der Waals surface area contributed by atoms with Crippen LogP contribution in [0.25, 0.3) is 0 Å². The van der Waals surface area contributed by atoms with Crippen molar-refractivity contribution in [2.75, 3.05) is 6.54 Å². The summed E-state index contributed by atoms with van der Waals surface area (Å²) in [4.78, 5) is 1.31. The van der Waals surface area contributed by atoms with Gasteiger partial charge >= 0.3 is 0 Å². The van der Waals surface area contributed by atoms with E-state index in [0.29, 0.717) is 18.5 Å². The number of nitrogens with two attached hydrogens (primary N) is 1. The Morgan fingerprint density at radius 2 is 2.13 bits per heavy atom. The van der Waals surface area contributed by atoms with Crippen molar-refractivity contribution in [1.82, 2.24) is 5.32 Å². The molecule has 0 aliphatic carbocycles. The fourth-order valence-corrected chi connectivity index (χ4v) is 3.43. The normalized spacial score (nSPS) is 13.5. The first-order valence-electron chi connectivity index (χ1n) is 4.91. The molecule has 0 amide bonds. The second kappa shape index (κ2) is 6.35. The molecule has 1 heterocycles. The zero-order chi connectivity index (χ0) is 11.4. The summed E-state index contributed by atoms with van der Waals surface area (Å²) in [6, 6.07) is 2.53. The molecule has 0 bridgehead atoms. The minimum Gasteiger partial charge on any atom is -0.329 e. The predicted molar refractivity (Wildman–Crippen MR) is 74.2 cm³/mol. The van der Waals surface area contributed by atoms with Gasteiger partial charge in [-0.3, -0.25) is 0 Å². The molecule has 1 unspecified atom stereocenters. The Balaban J connectivity index is 2.49. The molecular formula is C10H16Br2N2S.